The van der Waals surface area contributed by atoms with Gasteiger partial charge in [-0.05, 0) is 49.4 Å². The van der Waals surface area contributed by atoms with Crippen LogP contribution < -0.4 is 4.72 Å². The molecule has 0 aliphatic heterocycles. The summed E-state index contributed by atoms with van der Waals surface area (Å²) in [6.45, 7) is 2.04. The Kier molecular flexibility index (Phi) is 4.49. The zero-order valence-electron chi connectivity index (χ0n) is 15.9. The van der Waals surface area contributed by atoms with Crippen LogP contribution in [-0.4, -0.2) is 23.0 Å². The van der Waals surface area contributed by atoms with Crippen LogP contribution in [0.5, 0.6) is 0 Å². The average Bonchev–Trinajstić information content (AvgIpc) is 3.40. The number of hydrogen-bond acceptors (Lipinski definition) is 5. The maximum absolute atomic E-state index is 13.0. The van der Waals surface area contributed by atoms with Gasteiger partial charge in [0.1, 0.15) is 5.01 Å². The van der Waals surface area contributed by atoms with E-state index in [2.05, 4.69) is 9.82 Å². The Morgan fingerprint density at radius 3 is 2.72 bits per heavy atom. The van der Waals surface area contributed by atoms with E-state index in [4.69, 9.17) is 4.98 Å². The standard InChI is InChI=1S/C21H20N4O2S2/c1-14-24-25-19(20(23-21(25)28-14)16-6-3-2-4-7-16)13-22-29(26,27)18-11-10-15-8-5-9-17(15)12-18/h2-4,6-7,10-12,22H,5,8-9,13H2,1H3. The highest BCUT2D eigenvalue weighted by Crippen LogP contribution is 2.28. The monoisotopic (exact) mass is 424 g/mol. The number of fused-ring (bicyclic) bond motifs is 2. The number of hydrogen-bond donors (Lipinski definition) is 1. The summed E-state index contributed by atoms with van der Waals surface area (Å²) in [5.74, 6) is 0. The van der Waals surface area contributed by atoms with Crippen LogP contribution >= 0.6 is 11.3 Å². The number of nitrogens with one attached hydrogen (secondary N) is 1. The fraction of sp³-hybridized carbons (Fsp3) is 0.238. The number of nitrogens with zero attached hydrogens (tertiary/aromatic N) is 3. The quantitative estimate of drug-likeness (QED) is 0.530. The third-order valence-electron chi connectivity index (χ3n) is 5.25. The molecule has 2 aromatic heterocycles. The predicted octanol–water partition coefficient (Wildman–Crippen LogP) is 3.73. The molecule has 0 saturated heterocycles. The molecule has 1 aliphatic carbocycles. The second kappa shape index (κ2) is 7.05. The third kappa shape index (κ3) is 3.37. The number of aromatic nitrogens is 3. The van der Waals surface area contributed by atoms with E-state index in [0.29, 0.717) is 4.90 Å². The molecule has 0 atom stereocenters. The summed E-state index contributed by atoms with van der Waals surface area (Å²) in [7, 11) is -3.63. The van der Waals surface area contributed by atoms with Crippen molar-refractivity contribution >= 4 is 26.3 Å². The summed E-state index contributed by atoms with van der Waals surface area (Å²) >= 11 is 1.49. The van der Waals surface area contributed by atoms with Gasteiger partial charge >= 0.3 is 0 Å². The summed E-state index contributed by atoms with van der Waals surface area (Å²) < 4.78 is 30.4. The highest BCUT2D eigenvalue weighted by atomic mass is 32.2. The van der Waals surface area contributed by atoms with Crippen LogP contribution in [0.4, 0.5) is 0 Å². The highest BCUT2D eigenvalue weighted by Gasteiger charge is 2.22. The van der Waals surface area contributed by atoms with Gasteiger partial charge in [-0.1, -0.05) is 47.7 Å². The second-order valence-corrected chi connectivity index (χ2v) is 10.1. The van der Waals surface area contributed by atoms with Crippen LogP contribution in [0.25, 0.3) is 16.2 Å². The van der Waals surface area contributed by atoms with Gasteiger partial charge in [-0.3, -0.25) is 0 Å². The van der Waals surface area contributed by atoms with E-state index >= 15 is 0 Å². The van der Waals surface area contributed by atoms with Crippen molar-refractivity contribution in [3.63, 3.8) is 0 Å². The van der Waals surface area contributed by atoms with E-state index in [-0.39, 0.29) is 6.54 Å². The molecule has 0 bridgehead atoms. The summed E-state index contributed by atoms with van der Waals surface area (Å²) in [5.41, 5.74) is 4.82. The number of imidazole rings is 1. The van der Waals surface area contributed by atoms with Gasteiger partial charge in [0.15, 0.2) is 0 Å². The summed E-state index contributed by atoms with van der Waals surface area (Å²) in [4.78, 5) is 5.78. The van der Waals surface area contributed by atoms with Gasteiger partial charge in [0.25, 0.3) is 0 Å². The first-order valence-electron chi connectivity index (χ1n) is 9.53. The van der Waals surface area contributed by atoms with Gasteiger partial charge in [-0.15, -0.1) is 0 Å². The van der Waals surface area contributed by atoms with Crippen molar-refractivity contribution in [2.45, 2.75) is 37.6 Å². The third-order valence-corrected chi connectivity index (χ3v) is 7.48. The second-order valence-electron chi connectivity index (χ2n) is 7.20. The molecule has 1 aliphatic rings. The van der Waals surface area contributed by atoms with Gasteiger partial charge in [-0.25, -0.2) is 22.6 Å². The number of rotatable bonds is 5. The first kappa shape index (κ1) is 18.5. The lowest BCUT2D eigenvalue weighted by Gasteiger charge is -2.09. The molecule has 8 heteroatoms. The lowest BCUT2D eigenvalue weighted by atomic mass is 10.1. The largest absolute Gasteiger partial charge is 0.240 e. The summed E-state index contributed by atoms with van der Waals surface area (Å²) in [5, 5.41) is 5.40. The van der Waals surface area contributed by atoms with E-state index in [1.54, 1.807) is 10.6 Å². The molecule has 148 valence electrons. The molecule has 2 aromatic carbocycles. The molecular weight excluding hydrogens is 404 g/mol. The summed E-state index contributed by atoms with van der Waals surface area (Å²) in [6.07, 6.45) is 3.06. The van der Waals surface area contributed by atoms with Crippen LogP contribution in [-0.2, 0) is 29.4 Å². The first-order chi connectivity index (χ1) is 14.0. The lowest BCUT2D eigenvalue weighted by molar-refractivity contribution is 0.579. The Morgan fingerprint density at radius 1 is 1.10 bits per heavy atom. The van der Waals surface area contributed by atoms with E-state index < -0.39 is 10.0 Å². The fourth-order valence-corrected chi connectivity index (χ4v) is 5.63. The predicted molar refractivity (Wildman–Crippen MR) is 114 cm³/mol. The zero-order valence-corrected chi connectivity index (χ0v) is 17.6. The van der Waals surface area contributed by atoms with Gasteiger partial charge in [0.05, 0.1) is 22.8 Å². The molecule has 0 fully saturated rings. The molecular formula is C21H20N4O2S2. The van der Waals surface area contributed by atoms with Crippen LogP contribution in [0.2, 0.25) is 0 Å². The van der Waals surface area contributed by atoms with Gasteiger partial charge < -0.3 is 0 Å². The molecule has 1 N–H and O–H groups in total. The van der Waals surface area contributed by atoms with Crippen LogP contribution in [0.1, 0.15) is 28.2 Å². The van der Waals surface area contributed by atoms with Crippen molar-refractivity contribution < 1.29 is 8.42 Å². The first-order valence-corrected chi connectivity index (χ1v) is 11.8. The minimum Gasteiger partial charge on any atom is -0.217 e. The molecule has 0 unspecified atom stereocenters. The van der Waals surface area contributed by atoms with Crippen molar-refractivity contribution in [2.75, 3.05) is 0 Å². The van der Waals surface area contributed by atoms with Crippen LogP contribution in [0, 0.1) is 6.92 Å². The highest BCUT2D eigenvalue weighted by molar-refractivity contribution is 7.89. The number of aryl methyl sites for hydroxylation is 3. The molecule has 4 aromatic rings. The molecule has 2 heterocycles. The Balaban J connectivity index is 1.50. The Labute approximate surface area is 173 Å². The molecule has 5 rings (SSSR count). The molecule has 0 amide bonds. The van der Waals surface area contributed by atoms with Gasteiger partial charge in [0.2, 0.25) is 15.0 Å². The molecule has 0 radical (unpaired) electrons. The van der Waals surface area contributed by atoms with E-state index in [1.165, 1.54) is 16.9 Å². The van der Waals surface area contributed by atoms with Crippen LogP contribution in [0.3, 0.4) is 0 Å². The van der Waals surface area contributed by atoms with Crippen molar-refractivity contribution in [3.8, 4) is 11.3 Å². The van der Waals surface area contributed by atoms with Crippen molar-refractivity contribution in [1.29, 1.82) is 0 Å². The maximum Gasteiger partial charge on any atom is 0.240 e. The smallest absolute Gasteiger partial charge is 0.217 e. The normalized spacial score (nSPS) is 13.8. The van der Waals surface area contributed by atoms with Crippen LogP contribution in [0.15, 0.2) is 53.4 Å². The minimum absolute atomic E-state index is 0.119. The Hall–Kier alpha value is -2.55. The zero-order chi connectivity index (χ0) is 20.0. The lowest BCUT2D eigenvalue weighted by Crippen LogP contribution is -2.24. The topological polar surface area (TPSA) is 76.4 Å². The fourth-order valence-electron chi connectivity index (χ4n) is 3.83. The number of sulfonamides is 1. The SMILES string of the molecule is Cc1nn2c(CNS(=O)(=O)c3ccc4c(c3)CCC4)c(-c3ccccc3)nc2s1. The Bertz CT molecular complexity index is 1310. The Morgan fingerprint density at radius 2 is 1.90 bits per heavy atom. The number of benzene rings is 2. The van der Waals surface area contributed by atoms with E-state index in [0.717, 1.165) is 51.7 Å². The molecule has 0 spiro atoms. The van der Waals surface area contributed by atoms with E-state index in [1.807, 2.05) is 49.4 Å². The summed E-state index contributed by atoms with van der Waals surface area (Å²) in [6, 6.07) is 15.2. The van der Waals surface area contributed by atoms with Gasteiger partial charge in [-0.2, -0.15) is 5.10 Å². The molecule has 0 saturated carbocycles. The van der Waals surface area contributed by atoms with Crippen molar-refractivity contribution in [3.05, 3.63) is 70.4 Å². The molecule has 6 nitrogen and oxygen atoms in total. The van der Waals surface area contributed by atoms with E-state index in [9.17, 15) is 8.42 Å². The van der Waals surface area contributed by atoms with Crippen molar-refractivity contribution in [1.82, 2.24) is 19.3 Å². The van der Waals surface area contributed by atoms with Crippen molar-refractivity contribution in [2.24, 2.45) is 0 Å². The maximum atomic E-state index is 13.0. The average molecular weight is 425 g/mol. The van der Waals surface area contributed by atoms with Gasteiger partial charge in [0, 0.05) is 5.56 Å². The molecule has 29 heavy (non-hydrogen) atoms. The minimum atomic E-state index is -3.63.